The van der Waals surface area contributed by atoms with Gasteiger partial charge in [0, 0.05) is 38.4 Å². The summed E-state index contributed by atoms with van der Waals surface area (Å²) in [5.41, 5.74) is 1.02. The van der Waals surface area contributed by atoms with Crippen LogP contribution in [-0.4, -0.2) is 35.1 Å². The summed E-state index contributed by atoms with van der Waals surface area (Å²) in [7, 11) is 1.77. The number of nitrogens with one attached hydrogen (secondary N) is 1. The average molecular weight is 245 g/mol. The van der Waals surface area contributed by atoms with Crippen LogP contribution in [0, 0.1) is 12.3 Å². The molecule has 1 saturated heterocycles. The number of aryl methyl sites for hydroxylation is 1. The van der Waals surface area contributed by atoms with Crippen molar-refractivity contribution in [3.05, 3.63) is 28.7 Å². The molecule has 1 aromatic heterocycles. The third kappa shape index (κ3) is 3.14. The van der Waals surface area contributed by atoms with Crippen molar-refractivity contribution in [2.75, 3.05) is 25.0 Å². The first-order chi connectivity index (χ1) is 8.69. The summed E-state index contributed by atoms with van der Waals surface area (Å²) in [6.45, 7) is 2.81. The maximum atomic E-state index is 11.3. The molecule has 18 heavy (non-hydrogen) atoms. The van der Waals surface area contributed by atoms with Crippen LogP contribution in [0.3, 0.4) is 0 Å². The van der Waals surface area contributed by atoms with Gasteiger partial charge in [-0.05, 0) is 18.9 Å². The first kappa shape index (κ1) is 12.7. The van der Waals surface area contributed by atoms with Gasteiger partial charge in [-0.2, -0.15) is 0 Å². The second-order valence-electron chi connectivity index (χ2n) is 4.77. The fraction of sp³-hybridized carbons (Fsp3) is 0.500. The second-order valence-corrected chi connectivity index (χ2v) is 4.77. The highest BCUT2D eigenvalue weighted by atomic mass is 16.1. The quantitative estimate of drug-likeness (QED) is 0.804. The van der Waals surface area contributed by atoms with Crippen LogP contribution in [0.2, 0.25) is 0 Å². The predicted octanol–water partition coefficient (Wildman–Crippen LogP) is 0.895. The maximum absolute atomic E-state index is 11.3. The lowest BCUT2D eigenvalue weighted by Crippen LogP contribution is -2.39. The Labute approximate surface area is 108 Å². The van der Waals surface area contributed by atoms with Gasteiger partial charge in [0.2, 0.25) is 5.56 Å². The van der Waals surface area contributed by atoms with E-state index in [4.69, 9.17) is 6.42 Å². The number of piperidine rings is 1. The Hall–Kier alpha value is -1.73. The van der Waals surface area contributed by atoms with E-state index in [-0.39, 0.29) is 5.56 Å². The third-order valence-corrected chi connectivity index (χ3v) is 3.36. The van der Waals surface area contributed by atoms with Gasteiger partial charge >= 0.3 is 0 Å². The number of nitrogens with zero attached hydrogens (tertiary/aromatic N) is 2. The Balaban J connectivity index is 1.90. The van der Waals surface area contributed by atoms with E-state index in [1.807, 2.05) is 12.3 Å². The Bertz CT molecular complexity index is 492. The van der Waals surface area contributed by atoms with E-state index >= 15 is 0 Å². The number of pyridine rings is 1. The number of aromatic nitrogens is 1. The molecule has 2 rings (SSSR count). The van der Waals surface area contributed by atoms with Crippen LogP contribution in [0.1, 0.15) is 12.8 Å². The first-order valence-electron chi connectivity index (χ1n) is 6.28. The number of likely N-dealkylation sites (tertiary alicyclic amines) is 1. The molecule has 0 spiro atoms. The molecule has 1 aromatic rings. The zero-order chi connectivity index (χ0) is 13.0. The third-order valence-electron chi connectivity index (χ3n) is 3.36. The lowest BCUT2D eigenvalue weighted by Gasteiger charge is -2.31. The van der Waals surface area contributed by atoms with E-state index in [0.29, 0.717) is 6.04 Å². The Morgan fingerprint density at radius 1 is 1.44 bits per heavy atom. The molecule has 0 aliphatic carbocycles. The maximum Gasteiger partial charge on any atom is 0.250 e. The summed E-state index contributed by atoms with van der Waals surface area (Å²) >= 11 is 0. The van der Waals surface area contributed by atoms with Crippen LogP contribution >= 0.6 is 0 Å². The molecule has 1 aliphatic rings. The molecule has 4 heteroatoms. The Morgan fingerprint density at radius 3 is 2.78 bits per heavy atom. The van der Waals surface area contributed by atoms with Gasteiger partial charge in [0.1, 0.15) is 0 Å². The zero-order valence-corrected chi connectivity index (χ0v) is 10.7. The standard InChI is InChI=1S/C14H19N3O/c1-3-8-17-9-6-12(7-10-17)15-13-4-5-14(18)16(2)11-13/h1,4-5,11-12,15H,6-10H2,2H3. The minimum atomic E-state index is 0.0180. The monoisotopic (exact) mass is 245 g/mol. The van der Waals surface area contributed by atoms with Crippen molar-refractivity contribution in [2.45, 2.75) is 18.9 Å². The lowest BCUT2D eigenvalue weighted by molar-refractivity contribution is 0.243. The van der Waals surface area contributed by atoms with Gasteiger partial charge in [-0.25, -0.2) is 0 Å². The summed E-state index contributed by atoms with van der Waals surface area (Å²) in [4.78, 5) is 13.6. The SMILES string of the molecule is C#CCN1CCC(Nc2ccc(=O)n(C)c2)CC1. The van der Waals surface area contributed by atoms with Crippen molar-refractivity contribution in [3.63, 3.8) is 0 Å². The van der Waals surface area contributed by atoms with Gasteiger partial charge in [0.05, 0.1) is 12.2 Å². The molecule has 0 aromatic carbocycles. The van der Waals surface area contributed by atoms with Crippen molar-refractivity contribution in [1.29, 1.82) is 0 Å². The van der Waals surface area contributed by atoms with E-state index in [0.717, 1.165) is 38.2 Å². The molecule has 96 valence electrons. The number of anilines is 1. The van der Waals surface area contributed by atoms with Gasteiger partial charge in [-0.15, -0.1) is 6.42 Å². The van der Waals surface area contributed by atoms with Gasteiger partial charge in [-0.3, -0.25) is 9.69 Å². The van der Waals surface area contributed by atoms with E-state index < -0.39 is 0 Å². The molecule has 0 radical (unpaired) electrons. The van der Waals surface area contributed by atoms with Gasteiger partial charge < -0.3 is 9.88 Å². The minimum Gasteiger partial charge on any atom is -0.381 e. The molecule has 0 bridgehead atoms. The summed E-state index contributed by atoms with van der Waals surface area (Å²) in [6.07, 6.45) is 9.33. The Morgan fingerprint density at radius 2 is 2.17 bits per heavy atom. The average Bonchev–Trinajstić information content (AvgIpc) is 2.37. The van der Waals surface area contributed by atoms with Crippen LogP contribution < -0.4 is 10.9 Å². The molecule has 0 amide bonds. The molecule has 0 atom stereocenters. The largest absolute Gasteiger partial charge is 0.381 e. The Kier molecular flexibility index (Phi) is 4.06. The van der Waals surface area contributed by atoms with Crippen LogP contribution in [0.4, 0.5) is 5.69 Å². The van der Waals surface area contributed by atoms with Crippen molar-refractivity contribution < 1.29 is 0 Å². The highest BCUT2D eigenvalue weighted by molar-refractivity contribution is 5.41. The highest BCUT2D eigenvalue weighted by Gasteiger charge is 2.18. The number of rotatable bonds is 3. The van der Waals surface area contributed by atoms with Gasteiger partial charge in [0.15, 0.2) is 0 Å². The second kappa shape index (κ2) is 5.74. The molecule has 0 unspecified atom stereocenters. The van der Waals surface area contributed by atoms with Crippen molar-refractivity contribution >= 4 is 5.69 Å². The normalized spacial score (nSPS) is 17.3. The van der Waals surface area contributed by atoms with Crippen molar-refractivity contribution in [2.24, 2.45) is 7.05 Å². The van der Waals surface area contributed by atoms with Crippen LogP contribution in [0.5, 0.6) is 0 Å². The number of terminal acetylenes is 1. The lowest BCUT2D eigenvalue weighted by atomic mass is 10.0. The fourth-order valence-corrected chi connectivity index (χ4v) is 2.28. The van der Waals surface area contributed by atoms with Crippen molar-refractivity contribution in [3.8, 4) is 12.3 Å². The van der Waals surface area contributed by atoms with Crippen LogP contribution in [0.15, 0.2) is 23.1 Å². The van der Waals surface area contributed by atoms with Gasteiger partial charge in [-0.1, -0.05) is 5.92 Å². The first-order valence-corrected chi connectivity index (χ1v) is 6.28. The molecule has 1 fully saturated rings. The molecule has 4 nitrogen and oxygen atoms in total. The van der Waals surface area contributed by atoms with Crippen molar-refractivity contribution in [1.82, 2.24) is 9.47 Å². The fourth-order valence-electron chi connectivity index (χ4n) is 2.28. The topological polar surface area (TPSA) is 37.3 Å². The molecular formula is C14H19N3O. The van der Waals surface area contributed by atoms with E-state index in [1.54, 1.807) is 17.7 Å². The molecule has 0 saturated carbocycles. The summed E-state index contributed by atoms with van der Waals surface area (Å²) in [6, 6.07) is 3.91. The van der Waals surface area contributed by atoms with Crippen LogP contribution in [0.25, 0.3) is 0 Å². The summed E-state index contributed by atoms with van der Waals surface area (Å²) in [5.74, 6) is 2.68. The number of hydrogen-bond acceptors (Lipinski definition) is 3. The summed E-state index contributed by atoms with van der Waals surface area (Å²) < 4.78 is 1.59. The smallest absolute Gasteiger partial charge is 0.250 e. The van der Waals surface area contributed by atoms with E-state index in [1.165, 1.54) is 0 Å². The number of hydrogen-bond donors (Lipinski definition) is 1. The molecule has 1 aliphatic heterocycles. The summed E-state index contributed by atoms with van der Waals surface area (Å²) in [5, 5.41) is 3.47. The van der Waals surface area contributed by atoms with E-state index in [2.05, 4.69) is 16.1 Å². The minimum absolute atomic E-state index is 0.0180. The van der Waals surface area contributed by atoms with Gasteiger partial charge in [0.25, 0.3) is 0 Å². The zero-order valence-electron chi connectivity index (χ0n) is 10.7. The van der Waals surface area contributed by atoms with Crippen LogP contribution in [-0.2, 0) is 7.05 Å². The molecule has 2 heterocycles. The highest BCUT2D eigenvalue weighted by Crippen LogP contribution is 2.15. The predicted molar refractivity (Wildman–Crippen MR) is 73.6 cm³/mol. The molecule has 1 N–H and O–H groups in total. The van der Waals surface area contributed by atoms with E-state index in [9.17, 15) is 4.79 Å². The molecular weight excluding hydrogens is 226 g/mol.